The van der Waals surface area contributed by atoms with Gasteiger partial charge in [0, 0.05) is 45.0 Å². The second-order valence-electron chi connectivity index (χ2n) is 7.75. The van der Waals surface area contributed by atoms with Gasteiger partial charge in [0.25, 0.3) is 0 Å². The summed E-state index contributed by atoms with van der Waals surface area (Å²) in [4.78, 5) is 40.8. The van der Waals surface area contributed by atoms with Crippen LogP contribution in [-0.4, -0.2) is 79.6 Å². The van der Waals surface area contributed by atoms with E-state index in [1.54, 1.807) is 13.8 Å². The Hall–Kier alpha value is -2.91. The van der Waals surface area contributed by atoms with Crippen LogP contribution in [0.2, 0.25) is 0 Å². The van der Waals surface area contributed by atoms with Gasteiger partial charge in [-0.2, -0.15) is 0 Å². The molecule has 0 radical (unpaired) electrons. The summed E-state index contributed by atoms with van der Waals surface area (Å²) in [7, 11) is 0. The number of hydrogen-bond acceptors (Lipinski definition) is 6. The molecule has 168 valence electrons. The molecule has 0 aliphatic carbocycles. The number of esters is 1. The molecule has 9 nitrogen and oxygen atoms in total. The highest BCUT2D eigenvalue weighted by Crippen LogP contribution is 2.16. The van der Waals surface area contributed by atoms with Crippen molar-refractivity contribution in [2.24, 2.45) is 0 Å². The Balaban J connectivity index is 1.49. The van der Waals surface area contributed by atoms with Crippen molar-refractivity contribution in [3.63, 3.8) is 0 Å². The molecule has 1 unspecified atom stereocenters. The van der Waals surface area contributed by atoms with Crippen LogP contribution in [0, 0.1) is 0 Å². The van der Waals surface area contributed by atoms with Crippen molar-refractivity contribution in [3.05, 3.63) is 47.2 Å². The quantitative estimate of drug-likeness (QED) is 0.518. The lowest BCUT2D eigenvalue weighted by atomic mass is 10.0. The second-order valence-corrected chi connectivity index (χ2v) is 7.75. The molecule has 1 atom stereocenters. The number of nitrogens with zero attached hydrogens (tertiary/aromatic N) is 2. The van der Waals surface area contributed by atoms with Crippen molar-refractivity contribution < 1.29 is 19.1 Å². The van der Waals surface area contributed by atoms with E-state index in [0.717, 1.165) is 31.7 Å². The molecule has 2 aliphatic rings. The van der Waals surface area contributed by atoms with Crippen molar-refractivity contribution in [1.29, 1.82) is 0 Å². The molecule has 3 N–H and O–H groups in total. The SMILES string of the molecule is CCOC(=O)C1=C(CN2CCN(CC(=O)NCc3ccccc3)CC2)NC(=O)NC1C. The van der Waals surface area contributed by atoms with Crippen LogP contribution >= 0.6 is 0 Å². The van der Waals surface area contributed by atoms with E-state index in [-0.39, 0.29) is 18.5 Å². The summed E-state index contributed by atoms with van der Waals surface area (Å²) in [5.41, 5.74) is 2.12. The van der Waals surface area contributed by atoms with Crippen molar-refractivity contribution in [2.45, 2.75) is 26.4 Å². The van der Waals surface area contributed by atoms with E-state index in [1.807, 2.05) is 30.3 Å². The lowest BCUT2D eigenvalue weighted by molar-refractivity contribution is -0.139. The van der Waals surface area contributed by atoms with E-state index in [2.05, 4.69) is 25.8 Å². The van der Waals surface area contributed by atoms with Crippen molar-refractivity contribution in [3.8, 4) is 0 Å². The molecule has 2 aliphatic heterocycles. The van der Waals surface area contributed by atoms with Gasteiger partial charge in [-0.15, -0.1) is 0 Å². The molecular weight excluding hydrogens is 398 g/mol. The van der Waals surface area contributed by atoms with Crippen LogP contribution in [0.3, 0.4) is 0 Å². The van der Waals surface area contributed by atoms with Gasteiger partial charge in [-0.05, 0) is 19.4 Å². The van der Waals surface area contributed by atoms with Crippen LogP contribution in [0.4, 0.5) is 4.79 Å². The average molecular weight is 430 g/mol. The summed E-state index contributed by atoms with van der Waals surface area (Å²) in [5.74, 6) is -0.407. The van der Waals surface area contributed by atoms with E-state index in [1.165, 1.54) is 0 Å². The molecule has 31 heavy (non-hydrogen) atoms. The fraction of sp³-hybridized carbons (Fsp3) is 0.500. The first-order chi connectivity index (χ1) is 15.0. The van der Waals surface area contributed by atoms with Gasteiger partial charge in [0.15, 0.2) is 0 Å². The van der Waals surface area contributed by atoms with E-state index < -0.39 is 12.0 Å². The molecular formula is C22H31N5O4. The standard InChI is InChI=1S/C22H31N5O4/c1-3-31-21(29)20-16(2)24-22(30)25-18(20)14-26-9-11-27(12-10-26)15-19(28)23-13-17-7-5-4-6-8-17/h4-8,16H,3,9-15H2,1-2H3,(H,23,28)(H2,24,25,30). The van der Waals surface area contributed by atoms with Gasteiger partial charge in [-0.25, -0.2) is 9.59 Å². The fourth-order valence-electron chi connectivity index (χ4n) is 3.79. The predicted octanol–water partition coefficient (Wildman–Crippen LogP) is 0.439. The monoisotopic (exact) mass is 429 g/mol. The predicted molar refractivity (Wildman–Crippen MR) is 116 cm³/mol. The number of nitrogens with one attached hydrogen (secondary N) is 3. The normalized spacial score (nSPS) is 20.1. The molecule has 1 fully saturated rings. The molecule has 0 aromatic heterocycles. The Morgan fingerprint density at radius 2 is 1.81 bits per heavy atom. The Labute approximate surface area is 182 Å². The van der Waals surface area contributed by atoms with Crippen LogP contribution in [-0.2, 0) is 20.9 Å². The molecule has 1 saturated heterocycles. The third-order valence-electron chi connectivity index (χ3n) is 5.41. The fourth-order valence-corrected chi connectivity index (χ4v) is 3.79. The number of carbonyl (C=O) groups excluding carboxylic acids is 3. The van der Waals surface area contributed by atoms with Gasteiger partial charge in [0.1, 0.15) is 0 Å². The molecule has 3 rings (SSSR count). The lowest BCUT2D eigenvalue weighted by Gasteiger charge is -2.36. The molecule has 3 amide bonds. The molecule has 2 heterocycles. The third kappa shape index (κ3) is 6.53. The van der Waals surface area contributed by atoms with Gasteiger partial charge in [0.05, 0.1) is 24.8 Å². The first-order valence-electron chi connectivity index (χ1n) is 10.7. The Bertz CT molecular complexity index is 818. The van der Waals surface area contributed by atoms with E-state index in [4.69, 9.17) is 4.74 Å². The highest BCUT2D eigenvalue weighted by atomic mass is 16.5. The van der Waals surface area contributed by atoms with Gasteiger partial charge in [0.2, 0.25) is 5.91 Å². The van der Waals surface area contributed by atoms with E-state index >= 15 is 0 Å². The van der Waals surface area contributed by atoms with Crippen molar-refractivity contribution in [1.82, 2.24) is 25.8 Å². The Morgan fingerprint density at radius 3 is 2.48 bits per heavy atom. The third-order valence-corrected chi connectivity index (χ3v) is 5.41. The zero-order valence-corrected chi connectivity index (χ0v) is 18.1. The minimum Gasteiger partial charge on any atom is -0.463 e. The first-order valence-corrected chi connectivity index (χ1v) is 10.7. The van der Waals surface area contributed by atoms with Gasteiger partial charge < -0.3 is 20.7 Å². The molecule has 9 heteroatoms. The zero-order chi connectivity index (χ0) is 22.2. The number of amides is 3. The smallest absolute Gasteiger partial charge is 0.337 e. The van der Waals surface area contributed by atoms with Gasteiger partial charge >= 0.3 is 12.0 Å². The number of benzene rings is 1. The number of urea groups is 1. The molecule has 0 spiro atoms. The number of hydrogen-bond donors (Lipinski definition) is 3. The lowest BCUT2D eigenvalue weighted by Crippen LogP contribution is -2.54. The summed E-state index contributed by atoms with van der Waals surface area (Å²) in [6, 6.07) is 9.11. The van der Waals surface area contributed by atoms with Crippen molar-refractivity contribution in [2.75, 3.05) is 45.9 Å². The van der Waals surface area contributed by atoms with Crippen molar-refractivity contribution >= 4 is 17.9 Å². The highest BCUT2D eigenvalue weighted by molar-refractivity contribution is 5.94. The summed E-state index contributed by atoms with van der Waals surface area (Å²) < 4.78 is 5.16. The summed E-state index contributed by atoms with van der Waals surface area (Å²) in [5, 5.41) is 8.43. The van der Waals surface area contributed by atoms with Crippen LogP contribution < -0.4 is 16.0 Å². The Morgan fingerprint density at radius 1 is 1.13 bits per heavy atom. The largest absolute Gasteiger partial charge is 0.463 e. The summed E-state index contributed by atoms with van der Waals surface area (Å²) in [6.07, 6.45) is 0. The minimum atomic E-state index is -0.411. The zero-order valence-electron chi connectivity index (χ0n) is 18.1. The Kier molecular flexibility index (Phi) is 8.02. The van der Waals surface area contributed by atoms with E-state index in [0.29, 0.717) is 30.9 Å². The van der Waals surface area contributed by atoms with Gasteiger partial charge in [-0.3, -0.25) is 14.6 Å². The van der Waals surface area contributed by atoms with Crippen LogP contribution in [0.25, 0.3) is 0 Å². The maximum Gasteiger partial charge on any atom is 0.337 e. The minimum absolute atomic E-state index is 0.00375. The molecule has 0 bridgehead atoms. The second kappa shape index (κ2) is 10.9. The molecule has 1 aromatic rings. The van der Waals surface area contributed by atoms with Crippen LogP contribution in [0.1, 0.15) is 19.4 Å². The average Bonchev–Trinajstić information content (AvgIpc) is 2.74. The van der Waals surface area contributed by atoms with Crippen LogP contribution in [0.5, 0.6) is 0 Å². The topological polar surface area (TPSA) is 103 Å². The number of carbonyl (C=O) groups is 3. The first kappa shape index (κ1) is 22.8. The maximum absolute atomic E-state index is 12.4. The number of rotatable bonds is 8. The highest BCUT2D eigenvalue weighted by Gasteiger charge is 2.31. The summed E-state index contributed by atoms with van der Waals surface area (Å²) in [6.45, 7) is 8.11. The molecule has 0 saturated carbocycles. The van der Waals surface area contributed by atoms with E-state index in [9.17, 15) is 14.4 Å². The molecule has 1 aromatic carbocycles. The van der Waals surface area contributed by atoms with Gasteiger partial charge in [-0.1, -0.05) is 30.3 Å². The number of piperazine rings is 1. The summed E-state index contributed by atoms with van der Waals surface area (Å²) >= 11 is 0. The maximum atomic E-state index is 12.4. The van der Waals surface area contributed by atoms with Crippen LogP contribution in [0.15, 0.2) is 41.6 Å². The number of ether oxygens (including phenoxy) is 1.